The molecule has 1 aliphatic heterocycles. The van der Waals surface area contributed by atoms with Crippen LogP contribution in [0.5, 0.6) is 0 Å². The Morgan fingerprint density at radius 3 is 2.56 bits per heavy atom. The lowest BCUT2D eigenvalue weighted by molar-refractivity contribution is -0.116. The molecule has 1 aliphatic rings. The molecule has 0 spiro atoms. The summed E-state index contributed by atoms with van der Waals surface area (Å²) in [6.07, 6.45) is 3.21. The third-order valence-corrected chi connectivity index (χ3v) is 5.32. The van der Waals surface area contributed by atoms with E-state index in [1.165, 1.54) is 16.6 Å². The number of H-pyrrole nitrogens is 1. The molecule has 1 fully saturated rings. The molecule has 3 aromatic rings. The van der Waals surface area contributed by atoms with Crippen molar-refractivity contribution in [1.29, 1.82) is 0 Å². The smallest absolute Gasteiger partial charge is 0.224 e. The summed E-state index contributed by atoms with van der Waals surface area (Å²) in [5.74, 6) is 0.0487. The monoisotopic (exact) mass is 362 g/mol. The number of carbonyl (C=O) groups excluding carboxylic acids is 1. The highest BCUT2D eigenvalue weighted by molar-refractivity contribution is 5.91. The molecular formula is C22H26N4O. The first-order chi connectivity index (χ1) is 13.2. The van der Waals surface area contributed by atoms with Crippen molar-refractivity contribution in [3.63, 3.8) is 0 Å². The Kier molecular flexibility index (Phi) is 5.12. The Balaban J connectivity index is 1.31. The van der Waals surface area contributed by atoms with E-state index in [0.717, 1.165) is 43.8 Å². The second kappa shape index (κ2) is 7.84. The maximum absolute atomic E-state index is 12.3. The summed E-state index contributed by atoms with van der Waals surface area (Å²) in [4.78, 5) is 20.3. The first-order valence-corrected chi connectivity index (χ1v) is 9.57. The molecule has 27 heavy (non-hydrogen) atoms. The van der Waals surface area contributed by atoms with E-state index in [2.05, 4.69) is 51.4 Å². The Bertz CT molecular complexity index is 907. The Hall–Kier alpha value is -2.79. The number of aryl methyl sites for hydroxylation is 1. The fraction of sp³-hybridized carbons (Fsp3) is 0.318. The molecule has 1 saturated heterocycles. The molecule has 1 amide bonds. The number of piperazine rings is 1. The molecule has 140 valence electrons. The van der Waals surface area contributed by atoms with Crippen molar-refractivity contribution in [2.75, 3.05) is 43.4 Å². The Morgan fingerprint density at radius 1 is 1.04 bits per heavy atom. The van der Waals surface area contributed by atoms with E-state index in [1.54, 1.807) is 0 Å². The number of likely N-dealkylation sites (N-methyl/N-ethyl adjacent to an activating group) is 1. The van der Waals surface area contributed by atoms with Crippen molar-refractivity contribution >= 4 is 28.2 Å². The minimum atomic E-state index is 0.0487. The van der Waals surface area contributed by atoms with E-state index >= 15 is 0 Å². The van der Waals surface area contributed by atoms with Crippen LogP contribution < -0.4 is 10.2 Å². The Labute approximate surface area is 160 Å². The third-order valence-electron chi connectivity index (χ3n) is 5.32. The molecule has 1 aromatic heterocycles. The van der Waals surface area contributed by atoms with Gasteiger partial charge in [0, 0.05) is 61.1 Å². The lowest BCUT2D eigenvalue weighted by Crippen LogP contribution is -2.44. The van der Waals surface area contributed by atoms with Crippen LogP contribution >= 0.6 is 0 Å². The largest absolute Gasteiger partial charge is 0.369 e. The lowest BCUT2D eigenvalue weighted by atomic mass is 10.1. The van der Waals surface area contributed by atoms with Crippen LogP contribution in [0.1, 0.15) is 12.0 Å². The summed E-state index contributed by atoms with van der Waals surface area (Å²) in [5, 5.41) is 4.21. The van der Waals surface area contributed by atoms with E-state index in [0.29, 0.717) is 6.42 Å². The van der Waals surface area contributed by atoms with Gasteiger partial charge in [-0.05, 0) is 49.4 Å². The zero-order valence-electron chi connectivity index (χ0n) is 15.7. The predicted octanol–water partition coefficient (Wildman–Crippen LogP) is 3.49. The number of aromatic amines is 1. The number of nitrogens with one attached hydrogen (secondary N) is 2. The van der Waals surface area contributed by atoms with Gasteiger partial charge in [0.15, 0.2) is 0 Å². The quantitative estimate of drug-likeness (QED) is 0.730. The molecule has 5 heteroatoms. The number of benzene rings is 2. The molecular weight excluding hydrogens is 336 g/mol. The molecule has 0 unspecified atom stereocenters. The van der Waals surface area contributed by atoms with E-state index in [1.807, 2.05) is 30.5 Å². The maximum atomic E-state index is 12.3. The average Bonchev–Trinajstić information content (AvgIpc) is 3.11. The molecule has 2 aromatic carbocycles. The zero-order valence-corrected chi connectivity index (χ0v) is 15.7. The molecule has 0 atom stereocenters. The number of carbonyl (C=O) groups is 1. The highest BCUT2D eigenvalue weighted by Gasteiger charge is 2.14. The standard InChI is InChI=1S/C22H26N4O/c1-25-12-14-26(15-13-25)19-9-7-18(8-10-19)24-22(27)11-6-17-16-23-21-5-3-2-4-20(17)21/h2-5,7-10,16,23H,6,11-15H2,1H3,(H,24,27). The summed E-state index contributed by atoms with van der Waals surface area (Å²) >= 11 is 0. The van der Waals surface area contributed by atoms with Gasteiger partial charge < -0.3 is 20.1 Å². The van der Waals surface area contributed by atoms with Gasteiger partial charge in [0.2, 0.25) is 5.91 Å². The van der Waals surface area contributed by atoms with E-state index < -0.39 is 0 Å². The van der Waals surface area contributed by atoms with Gasteiger partial charge in [-0.3, -0.25) is 4.79 Å². The van der Waals surface area contributed by atoms with Crippen LogP contribution in [0.2, 0.25) is 0 Å². The van der Waals surface area contributed by atoms with E-state index in [9.17, 15) is 4.79 Å². The van der Waals surface area contributed by atoms with Gasteiger partial charge in [-0.2, -0.15) is 0 Å². The van der Waals surface area contributed by atoms with Crippen LogP contribution in [-0.4, -0.2) is 49.0 Å². The summed E-state index contributed by atoms with van der Waals surface area (Å²) in [7, 11) is 2.16. The van der Waals surface area contributed by atoms with Crippen LogP contribution in [0.4, 0.5) is 11.4 Å². The highest BCUT2D eigenvalue weighted by Crippen LogP contribution is 2.21. The molecule has 0 aliphatic carbocycles. The predicted molar refractivity (Wildman–Crippen MR) is 111 cm³/mol. The number of rotatable bonds is 5. The number of anilines is 2. The number of amides is 1. The van der Waals surface area contributed by atoms with Crippen LogP contribution in [0.15, 0.2) is 54.7 Å². The van der Waals surface area contributed by atoms with E-state index in [4.69, 9.17) is 0 Å². The maximum Gasteiger partial charge on any atom is 0.224 e. The van der Waals surface area contributed by atoms with Gasteiger partial charge in [0.1, 0.15) is 0 Å². The highest BCUT2D eigenvalue weighted by atomic mass is 16.1. The molecule has 0 saturated carbocycles. The van der Waals surface area contributed by atoms with Crippen LogP contribution in [0.25, 0.3) is 10.9 Å². The van der Waals surface area contributed by atoms with Crippen molar-refractivity contribution in [3.05, 3.63) is 60.3 Å². The molecule has 5 nitrogen and oxygen atoms in total. The number of para-hydroxylation sites is 1. The normalized spacial score (nSPS) is 15.2. The second-order valence-corrected chi connectivity index (χ2v) is 7.24. The molecule has 4 rings (SSSR count). The number of hydrogen-bond donors (Lipinski definition) is 2. The van der Waals surface area contributed by atoms with Gasteiger partial charge in [-0.15, -0.1) is 0 Å². The van der Waals surface area contributed by atoms with Crippen LogP contribution in [-0.2, 0) is 11.2 Å². The lowest BCUT2D eigenvalue weighted by Gasteiger charge is -2.34. The summed E-state index contributed by atoms with van der Waals surface area (Å²) in [6, 6.07) is 16.4. The van der Waals surface area contributed by atoms with E-state index in [-0.39, 0.29) is 5.91 Å². The fourth-order valence-electron chi connectivity index (χ4n) is 3.63. The zero-order chi connectivity index (χ0) is 18.6. The van der Waals surface area contributed by atoms with Gasteiger partial charge in [-0.1, -0.05) is 18.2 Å². The van der Waals surface area contributed by atoms with Crippen LogP contribution in [0.3, 0.4) is 0 Å². The summed E-state index contributed by atoms with van der Waals surface area (Å²) in [6.45, 7) is 4.28. The SMILES string of the molecule is CN1CCN(c2ccc(NC(=O)CCc3c[nH]c4ccccc34)cc2)CC1. The first kappa shape index (κ1) is 17.6. The fourth-order valence-corrected chi connectivity index (χ4v) is 3.63. The van der Waals surface area contributed by atoms with Gasteiger partial charge in [0.05, 0.1) is 0 Å². The van der Waals surface area contributed by atoms with Crippen molar-refractivity contribution in [3.8, 4) is 0 Å². The molecule has 0 bridgehead atoms. The third kappa shape index (κ3) is 4.14. The van der Waals surface area contributed by atoms with Crippen molar-refractivity contribution < 1.29 is 4.79 Å². The molecule has 2 heterocycles. The number of aromatic nitrogens is 1. The summed E-state index contributed by atoms with van der Waals surface area (Å²) < 4.78 is 0. The van der Waals surface area contributed by atoms with Crippen LogP contribution in [0, 0.1) is 0 Å². The van der Waals surface area contributed by atoms with Crippen molar-refractivity contribution in [2.45, 2.75) is 12.8 Å². The van der Waals surface area contributed by atoms with Gasteiger partial charge in [0.25, 0.3) is 0 Å². The number of fused-ring (bicyclic) bond motifs is 1. The first-order valence-electron chi connectivity index (χ1n) is 9.57. The average molecular weight is 362 g/mol. The molecule has 0 radical (unpaired) electrons. The minimum absolute atomic E-state index is 0.0487. The topological polar surface area (TPSA) is 51.4 Å². The Morgan fingerprint density at radius 2 is 1.78 bits per heavy atom. The number of hydrogen-bond acceptors (Lipinski definition) is 3. The van der Waals surface area contributed by atoms with Crippen molar-refractivity contribution in [1.82, 2.24) is 9.88 Å². The van der Waals surface area contributed by atoms with Crippen molar-refractivity contribution in [2.24, 2.45) is 0 Å². The van der Waals surface area contributed by atoms with Gasteiger partial charge in [-0.25, -0.2) is 0 Å². The molecule has 2 N–H and O–H groups in total. The number of nitrogens with zero attached hydrogens (tertiary/aromatic N) is 2. The van der Waals surface area contributed by atoms with Gasteiger partial charge >= 0.3 is 0 Å². The second-order valence-electron chi connectivity index (χ2n) is 7.24. The summed E-state index contributed by atoms with van der Waals surface area (Å²) in [5.41, 5.74) is 4.38. The minimum Gasteiger partial charge on any atom is -0.369 e.